The summed E-state index contributed by atoms with van der Waals surface area (Å²) in [6.07, 6.45) is 0. The molecular formula is C132H81N3O8S2. The molecule has 0 amide bonds. The zero-order valence-electron chi connectivity index (χ0n) is 78.8. The fraction of sp³-hybridized carbons (Fsp3) is 0.0455. The van der Waals surface area contributed by atoms with Gasteiger partial charge in [-0.25, -0.2) is 0 Å². The minimum absolute atomic E-state index is 0.0662. The van der Waals surface area contributed by atoms with Crippen LogP contribution in [-0.4, -0.2) is 0 Å². The molecule has 0 atom stereocenters. The molecule has 10 heterocycles. The first-order valence-corrected chi connectivity index (χ1v) is 50.8. The molecule has 684 valence electrons. The van der Waals surface area contributed by atoms with Crippen LogP contribution < -0.4 is 43.1 Å². The zero-order chi connectivity index (χ0) is 95.5. The molecule has 13 heteroatoms. The number of hydrogen-bond acceptors (Lipinski definition) is 13. The number of hydrogen-bond donors (Lipinski definition) is 0. The number of furan rings is 2. The quantitative estimate of drug-likeness (QED) is 0.159. The Balaban J connectivity index is 0.0000000991. The second-order valence-corrected chi connectivity index (χ2v) is 41.6. The van der Waals surface area contributed by atoms with Crippen LogP contribution in [0, 0.1) is 0 Å². The largest absolute Gasteiger partial charge is 0.456 e. The van der Waals surface area contributed by atoms with Gasteiger partial charge in [-0.3, -0.25) is 14.7 Å². The maximum absolute atomic E-state index is 7.00. The Labute approximate surface area is 841 Å². The van der Waals surface area contributed by atoms with Gasteiger partial charge in [0.05, 0.1) is 34.1 Å². The van der Waals surface area contributed by atoms with Crippen molar-refractivity contribution in [1.82, 2.24) is 0 Å². The smallest absolute Gasteiger partial charge is 0.156 e. The molecule has 0 unspecified atom stereocenters. The molecule has 0 bridgehead atoms. The third kappa shape index (κ3) is 12.1. The SMILES string of the molecule is CC1(C)c2ccccc2-c2c(-c3ccc4c(c3)Oc3cc(-c5cccc6c5-c5ccccc5C6(C)C)cc5c3N4c3ccccc3O5)cccc21.c1ccc2c(c1)Oc1cc(-c3cccc4oc5ccccc5c34)cc3c1N2c1ccc(-c2cccc4oc5ccccc5c24)cc1O3.c1ccc2c(c1)Oc1cc(-c3cccc4sc5ccccc5c34)cc3c1N2c1ccc(-c2cccc4sc5ccccc5c24)cc1O3. The number of anilines is 9. The normalized spacial score (nSPS) is 13.9. The Kier molecular flexibility index (Phi) is 17.3. The first-order valence-electron chi connectivity index (χ1n) is 49.2. The predicted octanol–water partition coefficient (Wildman–Crippen LogP) is 39.3. The van der Waals surface area contributed by atoms with Crippen molar-refractivity contribution < 1.29 is 37.3 Å². The summed E-state index contributed by atoms with van der Waals surface area (Å²) < 4.78 is 58.3. The van der Waals surface area contributed by atoms with E-state index >= 15 is 0 Å². The van der Waals surface area contributed by atoms with Gasteiger partial charge in [-0.1, -0.05) is 289 Å². The predicted molar refractivity (Wildman–Crippen MR) is 592 cm³/mol. The molecular weight excluding hydrogens is 1820 g/mol. The van der Waals surface area contributed by atoms with Crippen LogP contribution in [0.2, 0.25) is 0 Å². The van der Waals surface area contributed by atoms with Gasteiger partial charge in [-0.2, -0.15) is 0 Å². The summed E-state index contributed by atoms with van der Waals surface area (Å²) in [6, 6.07) is 148. The van der Waals surface area contributed by atoms with E-state index in [1.807, 2.05) is 114 Å². The molecule has 145 heavy (non-hydrogen) atoms. The Morgan fingerprint density at radius 3 is 0.869 bits per heavy atom. The molecule has 21 aromatic carbocycles. The van der Waals surface area contributed by atoms with Gasteiger partial charge in [-0.15, -0.1) is 22.7 Å². The molecule has 4 aromatic heterocycles. The number of rotatable bonds is 6. The Bertz CT molecular complexity index is 9620. The summed E-state index contributed by atoms with van der Waals surface area (Å²) in [5, 5.41) is 9.47. The van der Waals surface area contributed by atoms with Crippen molar-refractivity contribution in [3.63, 3.8) is 0 Å². The minimum atomic E-state index is -0.0875. The van der Waals surface area contributed by atoms with Crippen LogP contribution in [0.15, 0.2) is 427 Å². The highest BCUT2D eigenvalue weighted by Crippen LogP contribution is 2.68. The average molecular weight is 1900 g/mol. The van der Waals surface area contributed by atoms with Crippen LogP contribution in [0.5, 0.6) is 69.0 Å². The zero-order valence-corrected chi connectivity index (χ0v) is 80.4. The molecule has 0 spiro atoms. The lowest BCUT2D eigenvalue weighted by molar-refractivity contribution is 0.446. The summed E-state index contributed by atoms with van der Waals surface area (Å²) in [5.41, 5.74) is 36.1. The fourth-order valence-corrected chi connectivity index (χ4v) is 26.5. The molecule has 0 saturated heterocycles. The van der Waals surface area contributed by atoms with Crippen LogP contribution in [0.3, 0.4) is 0 Å². The Morgan fingerprint density at radius 1 is 0.186 bits per heavy atom. The number of para-hydroxylation sites is 8. The molecule has 6 aliphatic heterocycles. The lowest BCUT2D eigenvalue weighted by atomic mass is 9.82. The standard InChI is InChI=1S/C48H35NO2.C42H23NO4.C42H23NO2S2/c1-47(2)34-17-7-5-13-32(34)44-30(15-11-19-36(44)47)28-23-24-39-41(25-28)51-43-27-29(26-42-46(43)49(39)38-21-9-10-22-40(38)50-42)31-16-12-20-37-45(31)33-14-6-8-18-35(33)48(37,3)4;1-4-14-32-28(9-1)40-26(11-7-17-35(40)44-32)24-19-20-31-37(21-24)47-39-23-25(22-38-42(39)43(31)30-13-3-6-16-34(30)46-38)27-12-8-18-36-41(27)29-10-2-5-15-33(29)45-36;1-5-15-36-28(9-1)40-26(11-7-17-38(40)46-36)24-19-20-31-33(21-24)45-35-23-25(22-34-42(35)43(31)30-13-3-4-14-32(30)44-34)27-12-8-18-39-41(27)29-10-2-6-16-37(29)47-39/h5-27H,1-4H3;2*1-23H. The first-order chi connectivity index (χ1) is 71.4. The maximum atomic E-state index is 7.00. The number of thiophene rings is 2. The summed E-state index contributed by atoms with van der Waals surface area (Å²) in [4.78, 5) is 6.88. The molecule has 11 nitrogen and oxygen atoms in total. The number of nitrogens with zero attached hydrogens (tertiary/aromatic N) is 3. The van der Waals surface area contributed by atoms with E-state index in [0.717, 1.165) is 209 Å². The molecule has 25 aromatic rings. The van der Waals surface area contributed by atoms with E-state index in [0.29, 0.717) is 0 Å². The third-order valence-electron chi connectivity index (χ3n) is 30.7. The molecule has 0 radical (unpaired) electrons. The van der Waals surface area contributed by atoms with Crippen LogP contribution in [-0.2, 0) is 10.8 Å². The van der Waals surface area contributed by atoms with Crippen molar-refractivity contribution in [3.05, 3.63) is 441 Å². The van der Waals surface area contributed by atoms with Crippen molar-refractivity contribution in [2.45, 2.75) is 38.5 Å². The van der Waals surface area contributed by atoms with Crippen molar-refractivity contribution >= 4 is 158 Å². The second kappa shape index (κ2) is 30.7. The minimum Gasteiger partial charge on any atom is -0.456 e. The average Bonchev–Trinajstić information content (AvgIpc) is 1.14. The van der Waals surface area contributed by atoms with Crippen LogP contribution in [0.25, 0.3) is 173 Å². The second-order valence-electron chi connectivity index (χ2n) is 39.4. The number of fused-ring (bicyclic) bond motifs is 30. The topological polar surface area (TPSA) is 91.4 Å². The summed E-state index contributed by atoms with van der Waals surface area (Å²) in [7, 11) is 0. The summed E-state index contributed by atoms with van der Waals surface area (Å²) >= 11 is 3.68. The molecule has 0 N–H and O–H groups in total. The lowest BCUT2D eigenvalue weighted by Crippen LogP contribution is -2.20. The van der Waals surface area contributed by atoms with E-state index < -0.39 is 0 Å². The van der Waals surface area contributed by atoms with Gasteiger partial charge < -0.3 is 37.3 Å². The number of benzene rings is 21. The van der Waals surface area contributed by atoms with Crippen LogP contribution in [0.4, 0.5) is 51.2 Å². The molecule has 8 aliphatic rings. The monoisotopic (exact) mass is 1900 g/mol. The van der Waals surface area contributed by atoms with E-state index in [9.17, 15) is 0 Å². The molecule has 2 aliphatic carbocycles. The van der Waals surface area contributed by atoms with Gasteiger partial charge in [0, 0.05) is 72.7 Å². The van der Waals surface area contributed by atoms with Gasteiger partial charge in [-0.05, 0) is 269 Å². The van der Waals surface area contributed by atoms with Gasteiger partial charge in [0.1, 0.15) is 39.4 Å². The van der Waals surface area contributed by atoms with E-state index in [2.05, 4.69) is 370 Å². The van der Waals surface area contributed by atoms with Gasteiger partial charge in [0.25, 0.3) is 0 Å². The van der Waals surface area contributed by atoms with E-state index in [1.165, 1.54) is 107 Å². The summed E-state index contributed by atoms with van der Waals surface area (Å²) in [6.45, 7) is 9.33. The Hall–Kier alpha value is -18.1. The van der Waals surface area contributed by atoms with Crippen molar-refractivity contribution in [2.24, 2.45) is 0 Å². The van der Waals surface area contributed by atoms with Crippen molar-refractivity contribution in [3.8, 4) is 158 Å². The van der Waals surface area contributed by atoms with Gasteiger partial charge in [0.2, 0.25) is 0 Å². The third-order valence-corrected chi connectivity index (χ3v) is 33.0. The van der Waals surface area contributed by atoms with Gasteiger partial charge in [0.15, 0.2) is 69.0 Å². The van der Waals surface area contributed by atoms with Crippen LogP contribution >= 0.6 is 22.7 Å². The molecule has 33 rings (SSSR count). The van der Waals surface area contributed by atoms with E-state index in [4.69, 9.17) is 37.3 Å². The fourth-order valence-electron chi connectivity index (χ4n) is 24.2. The Morgan fingerprint density at radius 2 is 0.448 bits per heavy atom. The number of ether oxygens (including phenoxy) is 6. The van der Waals surface area contributed by atoms with Crippen LogP contribution in [0.1, 0.15) is 49.9 Å². The highest BCUT2D eigenvalue weighted by molar-refractivity contribution is 7.26. The van der Waals surface area contributed by atoms with Crippen molar-refractivity contribution in [2.75, 3.05) is 14.7 Å². The lowest BCUT2D eigenvalue weighted by Gasteiger charge is -2.38. The maximum Gasteiger partial charge on any atom is 0.156 e. The highest BCUT2D eigenvalue weighted by Gasteiger charge is 2.44. The molecule has 0 saturated carbocycles. The van der Waals surface area contributed by atoms with Crippen molar-refractivity contribution in [1.29, 1.82) is 0 Å². The summed E-state index contributed by atoms with van der Waals surface area (Å²) in [5.74, 6) is 9.49. The molecule has 0 fully saturated rings. The van der Waals surface area contributed by atoms with Gasteiger partial charge >= 0.3 is 0 Å². The van der Waals surface area contributed by atoms with E-state index in [-0.39, 0.29) is 10.8 Å². The highest BCUT2D eigenvalue weighted by atomic mass is 32.1. The van der Waals surface area contributed by atoms with E-state index in [1.54, 1.807) is 0 Å². The first kappa shape index (κ1) is 81.7.